The number of ether oxygens (including phenoxy) is 1. The standard InChI is InChI=1S/C31H41N5O7S2.ClH/c1-30(2)24(35-26(39)21(32)15-19-11-13-20(37)14-12-19)28(41)33-17-23(38)34-22(16-18-9-7-6-8-10-18)27(40)36-25(29(42)43-5)31(3,4)45-44-30;/h6-14,21-22,24-25,37H,15-17,32H2,1-5H3,(H,33,41)(H,34,38)(H,35,39)(H,36,40);1H/t21-,22+,24+,25+;/m0./s1. The fourth-order valence-corrected chi connectivity index (χ4v) is 7.35. The normalized spacial score (nSPS) is 22.4. The highest BCUT2D eigenvalue weighted by Crippen LogP contribution is 2.46. The molecule has 0 spiro atoms. The summed E-state index contributed by atoms with van der Waals surface area (Å²) in [7, 11) is 3.70. The van der Waals surface area contributed by atoms with E-state index in [0.717, 1.165) is 11.1 Å². The van der Waals surface area contributed by atoms with Crippen LogP contribution in [0.4, 0.5) is 0 Å². The van der Waals surface area contributed by atoms with E-state index in [4.69, 9.17) is 10.5 Å². The Hall–Kier alpha value is -3.46. The minimum atomic E-state index is -1.15. The van der Waals surface area contributed by atoms with Crippen molar-refractivity contribution in [3.8, 4) is 5.75 Å². The maximum absolute atomic E-state index is 13.6. The molecule has 1 aliphatic heterocycles. The summed E-state index contributed by atoms with van der Waals surface area (Å²) in [6, 6.07) is 11.0. The molecule has 0 radical (unpaired) electrons. The van der Waals surface area contributed by atoms with Gasteiger partial charge in [-0.3, -0.25) is 19.2 Å². The molecular formula is C31H42ClN5O7S2. The van der Waals surface area contributed by atoms with Crippen LogP contribution in [-0.4, -0.2) is 82.0 Å². The molecule has 46 heavy (non-hydrogen) atoms. The highest BCUT2D eigenvalue weighted by molar-refractivity contribution is 8.77. The second-order valence-electron chi connectivity index (χ2n) is 11.8. The molecule has 3 rings (SSSR count). The number of benzene rings is 2. The zero-order valence-corrected chi connectivity index (χ0v) is 28.8. The summed E-state index contributed by atoms with van der Waals surface area (Å²) in [5.41, 5.74) is 7.69. The molecule has 0 bridgehead atoms. The van der Waals surface area contributed by atoms with Crippen LogP contribution in [0, 0.1) is 0 Å². The lowest BCUT2D eigenvalue weighted by molar-refractivity contribution is -0.146. The van der Waals surface area contributed by atoms with Gasteiger partial charge in [0.2, 0.25) is 23.6 Å². The Bertz CT molecular complexity index is 1380. The Morgan fingerprint density at radius 1 is 0.957 bits per heavy atom. The molecule has 4 amide bonds. The molecular weight excluding hydrogens is 654 g/mol. The zero-order chi connectivity index (χ0) is 33.4. The van der Waals surface area contributed by atoms with E-state index in [0.29, 0.717) is 0 Å². The zero-order valence-electron chi connectivity index (χ0n) is 26.3. The number of phenols is 1. The Morgan fingerprint density at radius 3 is 2.17 bits per heavy atom. The van der Waals surface area contributed by atoms with Crippen LogP contribution in [0.1, 0.15) is 38.8 Å². The lowest BCUT2D eigenvalue weighted by atomic mass is 10.00. The van der Waals surface area contributed by atoms with Gasteiger partial charge in [0.25, 0.3) is 0 Å². The quantitative estimate of drug-likeness (QED) is 0.184. The second kappa shape index (κ2) is 16.9. The molecule has 0 saturated carbocycles. The Labute approximate surface area is 282 Å². The smallest absolute Gasteiger partial charge is 0.329 e. The Morgan fingerprint density at radius 2 is 1.57 bits per heavy atom. The summed E-state index contributed by atoms with van der Waals surface area (Å²) in [6.45, 7) is 6.51. The number of phenolic OH excluding ortho intramolecular Hbond substituents is 1. The van der Waals surface area contributed by atoms with Crippen molar-refractivity contribution in [3.05, 3.63) is 65.7 Å². The molecule has 2 aromatic rings. The SMILES string of the molecule is COC(=O)[C@H]1NC(=O)[C@@H](Cc2ccccc2)NC(=O)CNC(=O)[C@@H](NC(=O)[C@@H](N)Cc2ccc(O)cc2)C(C)(C)SSC1(C)C.Cl. The molecule has 1 fully saturated rings. The van der Waals surface area contributed by atoms with Gasteiger partial charge in [-0.1, -0.05) is 64.1 Å². The highest BCUT2D eigenvalue weighted by atomic mass is 35.5. The van der Waals surface area contributed by atoms with E-state index in [9.17, 15) is 29.1 Å². The maximum Gasteiger partial charge on any atom is 0.329 e. The topological polar surface area (TPSA) is 189 Å². The van der Waals surface area contributed by atoms with Crippen molar-refractivity contribution in [2.75, 3.05) is 13.7 Å². The number of rotatable bonds is 7. The van der Waals surface area contributed by atoms with Crippen molar-refractivity contribution in [2.24, 2.45) is 5.73 Å². The summed E-state index contributed by atoms with van der Waals surface area (Å²) in [6.07, 6.45) is 0.286. The summed E-state index contributed by atoms with van der Waals surface area (Å²) >= 11 is 0. The van der Waals surface area contributed by atoms with Crippen LogP contribution in [-0.2, 0) is 41.6 Å². The van der Waals surface area contributed by atoms with Gasteiger partial charge in [-0.15, -0.1) is 12.4 Å². The van der Waals surface area contributed by atoms with Crippen molar-refractivity contribution >= 4 is 63.6 Å². The number of carbonyl (C=O) groups excluding carboxylic acids is 5. The fraction of sp³-hybridized carbons (Fsp3) is 0.452. The molecule has 2 aromatic carbocycles. The second-order valence-corrected chi connectivity index (χ2v) is 15.2. The summed E-state index contributed by atoms with van der Waals surface area (Å²) in [4.78, 5) is 66.3. The average Bonchev–Trinajstić information content (AvgIpc) is 3.00. The predicted molar refractivity (Wildman–Crippen MR) is 181 cm³/mol. The summed E-state index contributed by atoms with van der Waals surface area (Å²) in [5.74, 6) is -3.04. The lowest BCUT2D eigenvalue weighted by Crippen LogP contribution is -2.62. The van der Waals surface area contributed by atoms with Crippen LogP contribution >= 0.6 is 34.0 Å². The van der Waals surface area contributed by atoms with Crippen molar-refractivity contribution in [3.63, 3.8) is 0 Å². The molecule has 252 valence electrons. The predicted octanol–water partition coefficient (Wildman–Crippen LogP) is 1.62. The molecule has 15 heteroatoms. The summed E-state index contributed by atoms with van der Waals surface area (Å²) in [5, 5.41) is 20.3. The average molecular weight is 696 g/mol. The van der Waals surface area contributed by atoms with Gasteiger partial charge >= 0.3 is 5.97 Å². The maximum atomic E-state index is 13.6. The lowest BCUT2D eigenvalue weighted by Gasteiger charge is -2.38. The van der Waals surface area contributed by atoms with Gasteiger partial charge in [-0.05, 0) is 57.4 Å². The first-order valence-electron chi connectivity index (χ1n) is 14.3. The molecule has 0 aliphatic carbocycles. The molecule has 1 heterocycles. The molecule has 0 unspecified atom stereocenters. The van der Waals surface area contributed by atoms with E-state index in [2.05, 4.69) is 21.3 Å². The number of nitrogens with two attached hydrogens (primary N) is 1. The minimum absolute atomic E-state index is 0. The van der Waals surface area contributed by atoms with E-state index in [1.165, 1.54) is 40.8 Å². The first-order valence-corrected chi connectivity index (χ1v) is 16.5. The van der Waals surface area contributed by atoms with E-state index in [-0.39, 0.29) is 31.0 Å². The third-order valence-electron chi connectivity index (χ3n) is 7.22. The van der Waals surface area contributed by atoms with E-state index >= 15 is 0 Å². The van der Waals surface area contributed by atoms with Crippen LogP contribution in [0.25, 0.3) is 0 Å². The third-order valence-corrected chi connectivity index (χ3v) is 11.5. The van der Waals surface area contributed by atoms with Crippen molar-refractivity contribution in [1.29, 1.82) is 0 Å². The number of carbonyl (C=O) groups is 5. The number of methoxy groups -OCH3 is 1. The van der Waals surface area contributed by atoms with Crippen LogP contribution in [0.2, 0.25) is 0 Å². The van der Waals surface area contributed by atoms with Crippen LogP contribution in [0.15, 0.2) is 54.6 Å². The molecule has 4 atom stereocenters. The van der Waals surface area contributed by atoms with Gasteiger partial charge in [0, 0.05) is 11.2 Å². The number of aromatic hydroxyl groups is 1. The third kappa shape index (κ3) is 10.8. The fourth-order valence-electron chi connectivity index (χ4n) is 4.55. The number of esters is 1. The van der Waals surface area contributed by atoms with E-state index in [1.54, 1.807) is 52.0 Å². The number of hydrogen-bond acceptors (Lipinski definition) is 10. The Kier molecular flexibility index (Phi) is 14.2. The number of amides is 4. The molecule has 0 aromatic heterocycles. The highest BCUT2D eigenvalue weighted by Gasteiger charge is 2.44. The molecule has 7 N–H and O–H groups in total. The van der Waals surface area contributed by atoms with Gasteiger partial charge in [-0.2, -0.15) is 0 Å². The summed E-state index contributed by atoms with van der Waals surface area (Å²) < 4.78 is 3.05. The van der Waals surface area contributed by atoms with Crippen molar-refractivity contribution in [1.82, 2.24) is 21.3 Å². The van der Waals surface area contributed by atoms with Crippen LogP contribution in [0.3, 0.4) is 0 Å². The molecule has 1 saturated heterocycles. The molecule has 12 nitrogen and oxygen atoms in total. The van der Waals surface area contributed by atoms with Crippen molar-refractivity contribution in [2.45, 2.75) is 74.2 Å². The van der Waals surface area contributed by atoms with Gasteiger partial charge in [0.15, 0.2) is 0 Å². The van der Waals surface area contributed by atoms with Crippen LogP contribution < -0.4 is 27.0 Å². The first-order chi connectivity index (χ1) is 21.1. The van der Waals surface area contributed by atoms with Crippen molar-refractivity contribution < 1.29 is 33.8 Å². The number of halogens is 1. The Balaban J connectivity index is 0.00000736. The van der Waals surface area contributed by atoms with Gasteiger partial charge in [0.1, 0.15) is 23.9 Å². The monoisotopic (exact) mass is 695 g/mol. The van der Waals surface area contributed by atoms with Gasteiger partial charge in [-0.25, -0.2) is 4.79 Å². The van der Waals surface area contributed by atoms with Gasteiger partial charge < -0.3 is 36.8 Å². The number of hydrogen-bond donors (Lipinski definition) is 6. The van der Waals surface area contributed by atoms with E-state index in [1.807, 2.05) is 18.2 Å². The van der Waals surface area contributed by atoms with Crippen LogP contribution in [0.5, 0.6) is 5.75 Å². The van der Waals surface area contributed by atoms with E-state index < -0.39 is 69.8 Å². The van der Waals surface area contributed by atoms with Gasteiger partial charge in [0.05, 0.1) is 24.4 Å². The molecule has 1 aliphatic rings. The largest absolute Gasteiger partial charge is 0.508 e. The first kappa shape index (κ1) is 38.7. The number of nitrogens with one attached hydrogen (secondary N) is 4. The minimum Gasteiger partial charge on any atom is -0.508 e.